The summed E-state index contributed by atoms with van der Waals surface area (Å²) >= 11 is 11.7. The summed E-state index contributed by atoms with van der Waals surface area (Å²) < 4.78 is 0. The topological polar surface area (TPSA) is 50.9 Å². The van der Waals surface area contributed by atoms with Crippen LogP contribution in [0.3, 0.4) is 0 Å². The number of rotatable bonds is 1. The molecular weight excluding hydrogens is 221 g/mol. The molecule has 3 nitrogen and oxygen atoms in total. The van der Waals surface area contributed by atoms with Gasteiger partial charge in [0, 0.05) is 11.6 Å². The van der Waals surface area contributed by atoms with Gasteiger partial charge in [0.2, 0.25) is 0 Å². The zero-order valence-electron chi connectivity index (χ0n) is 7.09. The summed E-state index contributed by atoms with van der Waals surface area (Å²) in [7, 11) is 0. The zero-order chi connectivity index (χ0) is 10.1. The monoisotopic (exact) mass is 227 g/mol. The average Bonchev–Trinajstić information content (AvgIpc) is 2.19. The summed E-state index contributed by atoms with van der Waals surface area (Å²) in [6.07, 6.45) is 1.65. The zero-order valence-corrected chi connectivity index (χ0v) is 8.60. The SMILES string of the molecule is NNc1ccnc2cc(Cl)c(Cl)cc12. The van der Waals surface area contributed by atoms with E-state index in [9.17, 15) is 0 Å². The summed E-state index contributed by atoms with van der Waals surface area (Å²) in [6.45, 7) is 0. The maximum Gasteiger partial charge on any atom is 0.0739 e. The number of hydrogen-bond acceptors (Lipinski definition) is 3. The molecule has 0 spiro atoms. The quantitative estimate of drug-likeness (QED) is 0.582. The molecule has 1 aromatic heterocycles. The number of halogens is 2. The third-order valence-electron chi connectivity index (χ3n) is 1.94. The summed E-state index contributed by atoms with van der Waals surface area (Å²) in [5.74, 6) is 5.35. The number of nitrogen functional groups attached to an aromatic ring is 1. The third-order valence-corrected chi connectivity index (χ3v) is 2.66. The summed E-state index contributed by atoms with van der Waals surface area (Å²) in [5.41, 5.74) is 4.11. The first-order valence-electron chi connectivity index (χ1n) is 3.93. The lowest BCUT2D eigenvalue weighted by Crippen LogP contribution is -2.07. The first kappa shape index (κ1) is 9.52. The smallest absolute Gasteiger partial charge is 0.0739 e. The molecule has 0 aliphatic carbocycles. The molecule has 2 aromatic rings. The standard InChI is InChI=1S/C9H7Cl2N3/c10-6-3-5-8(14-12)1-2-13-9(5)4-7(6)11/h1-4H,12H2,(H,13,14). The highest BCUT2D eigenvalue weighted by molar-refractivity contribution is 6.42. The van der Waals surface area contributed by atoms with E-state index in [0.29, 0.717) is 10.0 Å². The van der Waals surface area contributed by atoms with Gasteiger partial charge in [0.1, 0.15) is 0 Å². The molecule has 1 aromatic carbocycles. The fourth-order valence-corrected chi connectivity index (χ4v) is 1.59. The van der Waals surface area contributed by atoms with Gasteiger partial charge in [-0.3, -0.25) is 10.8 Å². The van der Waals surface area contributed by atoms with Crippen molar-refractivity contribution in [3.63, 3.8) is 0 Å². The highest BCUT2D eigenvalue weighted by Crippen LogP contribution is 2.30. The van der Waals surface area contributed by atoms with Gasteiger partial charge in [-0.1, -0.05) is 23.2 Å². The largest absolute Gasteiger partial charge is 0.323 e. The van der Waals surface area contributed by atoms with Crippen LogP contribution in [0.1, 0.15) is 0 Å². The normalized spacial score (nSPS) is 10.5. The van der Waals surface area contributed by atoms with Gasteiger partial charge < -0.3 is 5.43 Å². The molecular formula is C9H7Cl2N3. The van der Waals surface area contributed by atoms with Crippen molar-refractivity contribution in [3.05, 3.63) is 34.4 Å². The van der Waals surface area contributed by atoms with E-state index in [-0.39, 0.29) is 0 Å². The molecule has 3 N–H and O–H groups in total. The van der Waals surface area contributed by atoms with E-state index < -0.39 is 0 Å². The van der Waals surface area contributed by atoms with Gasteiger partial charge in [0.25, 0.3) is 0 Å². The highest BCUT2D eigenvalue weighted by atomic mass is 35.5. The van der Waals surface area contributed by atoms with Crippen LogP contribution >= 0.6 is 23.2 Å². The average molecular weight is 228 g/mol. The Bertz CT molecular complexity index is 485. The number of hydrazine groups is 1. The third kappa shape index (κ3) is 1.50. The Morgan fingerprint density at radius 2 is 1.93 bits per heavy atom. The fraction of sp³-hybridized carbons (Fsp3) is 0. The Kier molecular flexibility index (Phi) is 2.46. The number of nitrogens with zero attached hydrogens (tertiary/aromatic N) is 1. The Morgan fingerprint density at radius 1 is 1.21 bits per heavy atom. The number of hydrogen-bond donors (Lipinski definition) is 2. The Balaban J connectivity index is 2.81. The van der Waals surface area contributed by atoms with Crippen LogP contribution in [-0.2, 0) is 0 Å². The predicted molar refractivity (Wildman–Crippen MR) is 59.6 cm³/mol. The van der Waals surface area contributed by atoms with Gasteiger partial charge in [-0.2, -0.15) is 0 Å². The molecule has 72 valence electrons. The van der Waals surface area contributed by atoms with Crippen LogP contribution < -0.4 is 11.3 Å². The van der Waals surface area contributed by atoms with E-state index >= 15 is 0 Å². The van der Waals surface area contributed by atoms with Crippen LogP contribution in [0, 0.1) is 0 Å². The van der Waals surface area contributed by atoms with E-state index in [1.165, 1.54) is 0 Å². The van der Waals surface area contributed by atoms with Crippen molar-refractivity contribution in [1.29, 1.82) is 0 Å². The van der Waals surface area contributed by atoms with E-state index in [0.717, 1.165) is 16.6 Å². The minimum absolute atomic E-state index is 0.487. The first-order chi connectivity index (χ1) is 6.72. The van der Waals surface area contributed by atoms with Crippen molar-refractivity contribution in [3.8, 4) is 0 Å². The molecule has 0 atom stereocenters. The molecule has 2 rings (SSSR count). The summed E-state index contributed by atoms with van der Waals surface area (Å²) in [4.78, 5) is 4.15. The van der Waals surface area contributed by atoms with Crippen LogP contribution in [0.2, 0.25) is 10.0 Å². The fourth-order valence-electron chi connectivity index (χ4n) is 1.27. The van der Waals surface area contributed by atoms with Gasteiger partial charge in [0.15, 0.2) is 0 Å². The van der Waals surface area contributed by atoms with Crippen LogP contribution in [0.4, 0.5) is 5.69 Å². The molecule has 0 amide bonds. The maximum absolute atomic E-state index is 5.89. The Morgan fingerprint density at radius 3 is 2.64 bits per heavy atom. The van der Waals surface area contributed by atoms with Crippen molar-refractivity contribution in [2.45, 2.75) is 0 Å². The van der Waals surface area contributed by atoms with Crippen molar-refractivity contribution in [2.24, 2.45) is 5.84 Å². The van der Waals surface area contributed by atoms with Crippen LogP contribution in [0.25, 0.3) is 10.9 Å². The van der Waals surface area contributed by atoms with Crippen LogP contribution in [0.5, 0.6) is 0 Å². The van der Waals surface area contributed by atoms with Gasteiger partial charge in [-0.05, 0) is 18.2 Å². The second-order valence-electron chi connectivity index (χ2n) is 2.79. The molecule has 0 saturated heterocycles. The van der Waals surface area contributed by atoms with Crippen molar-refractivity contribution in [2.75, 3.05) is 5.43 Å². The van der Waals surface area contributed by atoms with Gasteiger partial charge in [-0.15, -0.1) is 0 Å². The van der Waals surface area contributed by atoms with Crippen molar-refractivity contribution >= 4 is 39.8 Å². The Labute approximate surface area is 90.8 Å². The predicted octanol–water partition coefficient (Wildman–Crippen LogP) is 2.83. The molecule has 0 aliphatic rings. The number of nitrogens with one attached hydrogen (secondary N) is 1. The number of anilines is 1. The van der Waals surface area contributed by atoms with E-state index in [4.69, 9.17) is 29.0 Å². The van der Waals surface area contributed by atoms with Crippen molar-refractivity contribution < 1.29 is 0 Å². The number of fused-ring (bicyclic) bond motifs is 1. The number of aromatic nitrogens is 1. The molecule has 0 radical (unpaired) electrons. The first-order valence-corrected chi connectivity index (χ1v) is 4.68. The minimum Gasteiger partial charge on any atom is -0.323 e. The molecule has 1 heterocycles. The lowest BCUT2D eigenvalue weighted by Gasteiger charge is -2.05. The highest BCUT2D eigenvalue weighted by Gasteiger charge is 2.04. The number of pyridine rings is 1. The molecule has 0 saturated carbocycles. The molecule has 0 unspecified atom stereocenters. The Hall–Kier alpha value is -1.03. The molecule has 0 bridgehead atoms. The molecule has 0 aliphatic heterocycles. The lowest BCUT2D eigenvalue weighted by molar-refractivity contribution is 1.33. The van der Waals surface area contributed by atoms with Crippen LogP contribution in [-0.4, -0.2) is 4.98 Å². The van der Waals surface area contributed by atoms with Gasteiger partial charge in [-0.25, -0.2) is 0 Å². The van der Waals surface area contributed by atoms with Crippen molar-refractivity contribution in [1.82, 2.24) is 4.98 Å². The molecule has 5 heteroatoms. The number of nitrogens with two attached hydrogens (primary N) is 1. The summed E-state index contributed by atoms with van der Waals surface area (Å²) in [5, 5.41) is 1.83. The van der Waals surface area contributed by atoms with Gasteiger partial charge in [0.05, 0.1) is 21.2 Å². The number of benzene rings is 1. The van der Waals surface area contributed by atoms with E-state index in [1.54, 1.807) is 24.4 Å². The second-order valence-corrected chi connectivity index (χ2v) is 3.60. The lowest BCUT2D eigenvalue weighted by atomic mass is 10.2. The second kappa shape index (κ2) is 3.61. The molecule has 0 fully saturated rings. The molecule has 14 heavy (non-hydrogen) atoms. The minimum atomic E-state index is 0.487. The maximum atomic E-state index is 5.89. The van der Waals surface area contributed by atoms with Gasteiger partial charge >= 0.3 is 0 Å². The van der Waals surface area contributed by atoms with E-state index in [2.05, 4.69) is 10.4 Å². The van der Waals surface area contributed by atoms with Crippen LogP contribution in [0.15, 0.2) is 24.4 Å². The van der Waals surface area contributed by atoms with E-state index in [1.807, 2.05) is 0 Å². The summed E-state index contributed by atoms with van der Waals surface area (Å²) in [6, 6.07) is 5.22.